The first kappa shape index (κ1) is 42.8. The van der Waals surface area contributed by atoms with Crippen molar-refractivity contribution in [3.63, 3.8) is 0 Å². The van der Waals surface area contributed by atoms with E-state index in [1.54, 1.807) is 12.3 Å². The van der Waals surface area contributed by atoms with Crippen molar-refractivity contribution in [3.8, 4) is 0 Å². The molecule has 2 aromatic heterocycles. The molecule has 16 heteroatoms. The Hall–Kier alpha value is -4.35. The summed E-state index contributed by atoms with van der Waals surface area (Å²) in [5, 5.41) is 9.13. The van der Waals surface area contributed by atoms with Gasteiger partial charge in [0.2, 0.25) is 17.7 Å². The van der Waals surface area contributed by atoms with Gasteiger partial charge >= 0.3 is 0 Å². The van der Waals surface area contributed by atoms with Crippen LogP contribution < -0.4 is 20.9 Å². The molecule has 3 amide bonds. The predicted octanol–water partition coefficient (Wildman–Crippen LogP) is 5.25. The van der Waals surface area contributed by atoms with Crippen LogP contribution in [0.3, 0.4) is 0 Å². The molecule has 2 saturated heterocycles. The van der Waals surface area contributed by atoms with E-state index in [-0.39, 0.29) is 23.6 Å². The van der Waals surface area contributed by atoms with Crippen LogP contribution in [0, 0.1) is 6.92 Å². The molecule has 0 radical (unpaired) electrons. The van der Waals surface area contributed by atoms with E-state index in [9.17, 15) is 19.2 Å². The molecule has 1 atom stereocenters. The molecule has 0 aliphatic carbocycles. The molecule has 3 N–H and O–H groups in total. The maximum absolute atomic E-state index is 12.4. The van der Waals surface area contributed by atoms with E-state index in [1.807, 2.05) is 31.2 Å². The number of anilines is 4. The largest absolute Gasteiger partial charge is 0.379 e. The Labute approximate surface area is 333 Å². The van der Waals surface area contributed by atoms with Crippen molar-refractivity contribution in [1.29, 1.82) is 0 Å². The van der Waals surface area contributed by atoms with Crippen molar-refractivity contribution in [2.24, 2.45) is 0 Å². The molecule has 304 valence electrons. The van der Waals surface area contributed by atoms with Crippen LogP contribution in [0.5, 0.6) is 0 Å². The number of nitrogens with zero attached hydrogens (tertiary/aromatic N) is 5. The predicted molar refractivity (Wildman–Crippen MR) is 216 cm³/mol. The summed E-state index contributed by atoms with van der Waals surface area (Å²) in [5.74, 6) is 1.32. The van der Waals surface area contributed by atoms with E-state index in [1.165, 1.54) is 24.2 Å². The minimum Gasteiger partial charge on any atom is -0.379 e. The summed E-state index contributed by atoms with van der Waals surface area (Å²) in [6, 6.07) is 9.23. The fraction of sp³-hybridized carbons (Fsp3) is 0.575. The normalized spacial score (nSPS) is 16.2. The number of carbonyl (C=O) groups excluding carboxylic acids is 4. The highest BCUT2D eigenvalue weighted by atomic mass is 32.1. The minimum atomic E-state index is -0.375. The number of unbranched alkanes of at least 4 members (excludes halogenated alkanes) is 5. The zero-order valence-corrected chi connectivity index (χ0v) is 33.3. The van der Waals surface area contributed by atoms with E-state index in [2.05, 4.69) is 40.7 Å². The van der Waals surface area contributed by atoms with Gasteiger partial charge in [-0.05, 0) is 63.3 Å². The summed E-state index contributed by atoms with van der Waals surface area (Å²) in [6.07, 6.45) is 10.7. The summed E-state index contributed by atoms with van der Waals surface area (Å²) < 4.78 is 17.0. The SMILES string of the molecule is Cc1nc(Nc2ncc(C=O)s2)cc(N2CCN(CCCCCCOCCOCCOCCCCCC(=O)Nc3cccc(C4CCC(=O)NC4=O)c3)CC2)n1. The van der Waals surface area contributed by atoms with E-state index in [0.29, 0.717) is 79.6 Å². The molecule has 1 aromatic carbocycles. The number of hydrogen-bond acceptors (Lipinski definition) is 14. The highest BCUT2D eigenvalue weighted by Crippen LogP contribution is 2.27. The molecule has 2 fully saturated rings. The molecule has 5 rings (SSSR count). The lowest BCUT2D eigenvalue weighted by Gasteiger charge is -2.35. The minimum absolute atomic E-state index is 0.0612. The highest BCUT2D eigenvalue weighted by molar-refractivity contribution is 7.17. The Bertz CT molecular complexity index is 1700. The topological polar surface area (TPSA) is 177 Å². The summed E-state index contributed by atoms with van der Waals surface area (Å²) in [4.78, 5) is 65.8. The molecular formula is C40H56N8O7S. The third-order valence-corrected chi connectivity index (χ3v) is 10.5. The fourth-order valence-electron chi connectivity index (χ4n) is 6.66. The smallest absolute Gasteiger partial charge is 0.234 e. The monoisotopic (exact) mass is 792 g/mol. The number of nitrogens with one attached hydrogen (secondary N) is 3. The first-order chi connectivity index (χ1) is 27.4. The first-order valence-corrected chi connectivity index (χ1v) is 20.7. The number of piperazine rings is 1. The second kappa shape index (κ2) is 23.7. The van der Waals surface area contributed by atoms with E-state index in [4.69, 9.17) is 14.2 Å². The first-order valence-electron chi connectivity index (χ1n) is 19.8. The number of carbonyl (C=O) groups is 4. The molecule has 0 spiro atoms. The number of amides is 3. The zero-order valence-electron chi connectivity index (χ0n) is 32.5. The molecule has 3 aromatic rings. The van der Waals surface area contributed by atoms with Crippen LogP contribution in [0.1, 0.15) is 91.2 Å². The Kier molecular flexibility index (Phi) is 18.1. The van der Waals surface area contributed by atoms with E-state index >= 15 is 0 Å². The van der Waals surface area contributed by atoms with Crippen LogP contribution in [0.15, 0.2) is 36.5 Å². The number of ether oxygens (including phenoxy) is 3. The van der Waals surface area contributed by atoms with Gasteiger partial charge in [-0.15, -0.1) is 0 Å². The van der Waals surface area contributed by atoms with Gasteiger partial charge in [0.1, 0.15) is 17.5 Å². The summed E-state index contributed by atoms with van der Waals surface area (Å²) >= 11 is 1.30. The lowest BCUT2D eigenvalue weighted by molar-refractivity contribution is -0.134. The number of thiazole rings is 1. The van der Waals surface area contributed by atoms with Gasteiger partial charge in [0.05, 0.1) is 43.4 Å². The molecule has 1 unspecified atom stereocenters. The number of piperidine rings is 1. The lowest BCUT2D eigenvalue weighted by atomic mass is 9.90. The zero-order chi connectivity index (χ0) is 39.4. The second-order valence-electron chi connectivity index (χ2n) is 14.0. The van der Waals surface area contributed by atoms with Gasteiger partial charge in [0.15, 0.2) is 11.4 Å². The maximum atomic E-state index is 12.4. The molecule has 2 aliphatic heterocycles. The number of rotatable bonds is 25. The third kappa shape index (κ3) is 15.0. The van der Waals surface area contributed by atoms with E-state index < -0.39 is 0 Å². The molecule has 56 heavy (non-hydrogen) atoms. The summed E-state index contributed by atoms with van der Waals surface area (Å²) in [6.45, 7) is 10.4. The van der Waals surface area contributed by atoms with Gasteiger partial charge in [-0.1, -0.05) is 42.7 Å². The summed E-state index contributed by atoms with van der Waals surface area (Å²) in [7, 11) is 0. The average molecular weight is 793 g/mol. The van der Waals surface area contributed by atoms with Crippen molar-refractivity contribution in [3.05, 3.63) is 52.8 Å². The van der Waals surface area contributed by atoms with Gasteiger partial charge in [-0.25, -0.2) is 15.0 Å². The van der Waals surface area contributed by atoms with Crippen LogP contribution >= 0.6 is 11.3 Å². The quantitative estimate of drug-likeness (QED) is 0.0577. The number of aromatic nitrogens is 3. The van der Waals surface area contributed by atoms with Crippen molar-refractivity contribution >= 4 is 57.8 Å². The van der Waals surface area contributed by atoms with Crippen molar-refractivity contribution in [2.75, 3.05) is 87.9 Å². The molecule has 15 nitrogen and oxygen atoms in total. The van der Waals surface area contributed by atoms with Gasteiger partial charge < -0.3 is 29.7 Å². The second-order valence-corrected chi connectivity index (χ2v) is 15.1. The fourth-order valence-corrected chi connectivity index (χ4v) is 7.29. The van der Waals surface area contributed by atoms with Crippen LogP contribution in [-0.4, -0.2) is 116 Å². The van der Waals surface area contributed by atoms with Crippen molar-refractivity contribution in [2.45, 2.75) is 77.0 Å². The van der Waals surface area contributed by atoms with Crippen LogP contribution in [0.25, 0.3) is 0 Å². The van der Waals surface area contributed by atoms with Gasteiger partial charge in [-0.3, -0.25) is 29.4 Å². The summed E-state index contributed by atoms with van der Waals surface area (Å²) in [5.41, 5.74) is 1.46. The standard InChI is InChI=1S/C40H56N8O7S/c1-30-42-35(45-40-41-28-33(29-49)56-40)27-36(43-30)48-18-16-47(17-19-48)15-6-2-3-7-20-53-22-24-55-25-23-54-21-8-4-5-12-37(50)44-32-11-9-10-31(26-32)34-13-14-38(51)46-39(34)52/h9-11,26-29,34H,2-8,12-25H2,1H3,(H,44,50)(H,46,51,52)(H,41,42,43,45). The number of imide groups is 1. The van der Waals surface area contributed by atoms with Crippen LogP contribution in [0.4, 0.5) is 22.5 Å². The Balaban J connectivity index is 0.780. The molecular weight excluding hydrogens is 737 g/mol. The Morgan fingerprint density at radius 2 is 1.62 bits per heavy atom. The Morgan fingerprint density at radius 3 is 2.34 bits per heavy atom. The average Bonchev–Trinajstić information content (AvgIpc) is 3.65. The highest BCUT2D eigenvalue weighted by Gasteiger charge is 2.28. The lowest BCUT2D eigenvalue weighted by Crippen LogP contribution is -2.47. The molecule has 4 heterocycles. The number of hydrogen-bond donors (Lipinski definition) is 3. The molecule has 0 saturated carbocycles. The van der Waals surface area contributed by atoms with Gasteiger partial charge in [-0.2, -0.15) is 0 Å². The van der Waals surface area contributed by atoms with E-state index in [0.717, 1.165) is 89.1 Å². The van der Waals surface area contributed by atoms with Gasteiger partial charge in [0.25, 0.3) is 0 Å². The maximum Gasteiger partial charge on any atom is 0.234 e. The van der Waals surface area contributed by atoms with Gasteiger partial charge in [0, 0.05) is 64.0 Å². The van der Waals surface area contributed by atoms with Crippen molar-refractivity contribution < 1.29 is 33.4 Å². The molecule has 0 bridgehead atoms. The number of aryl methyl sites for hydroxylation is 1. The molecule has 2 aliphatic rings. The van der Waals surface area contributed by atoms with Crippen molar-refractivity contribution in [1.82, 2.24) is 25.2 Å². The number of aldehydes is 1. The third-order valence-electron chi connectivity index (χ3n) is 9.66. The Morgan fingerprint density at radius 1 is 0.911 bits per heavy atom. The van der Waals surface area contributed by atoms with Crippen LogP contribution in [-0.2, 0) is 28.6 Å². The number of benzene rings is 1. The van der Waals surface area contributed by atoms with Crippen LogP contribution in [0.2, 0.25) is 0 Å².